The predicted molar refractivity (Wildman–Crippen MR) is 66.4 cm³/mol. The summed E-state index contributed by atoms with van der Waals surface area (Å²) in [5, 5.41) is 5.67. The minimum Gasteiger partial charge on any atom is -0.269 e. The van der Waals surface area contributed by atoms with Crippen LogP contribution in [0.2, 0.25) is 0 Å². The molecule has 3 heteroatoms. The fraction of sp³-hybridized carbons (Fsp3) is 0.750. The van der Waals surface area contributed by atoms with Crippen molar-refractivity contribution in [2.45, 2.75) is 46.1 Å². The second kappa shape index (κ2) is 4.28. The van der Waals surface area contributed by atoms with E-state index < -0.39 is 0 Å². The van der Waals surface area contributed by atoms with E-state index in [-0.39, 0.29) is 0 Å². The van der Waals surface area contributed by atoms with Gasteiger partial charge < -0.3 is 0 Å². The van der Waals surface area contributed by atoms with Gasteiger partial charge in [-0.05, 0) is 38.2 Å². The summed E-state index contributed by atoms with van der Waals surface area (Å²) in [4.78, 5) is 0. The first kappa shape index (κ1) is 11.2. The van der Waals surface area contributed by atoms with Crippen LogP contribution in [0, 0.1) is 19.3 Å². The van der Waals surface area contributed by atoms with Crippen molar-refractivity contribution in [3.05, 3.63) is 17.5 Å². The zero-order valence-corrected chi connectivity index (χ0v) is 11.2. The van der Waals surface area contributed by atoms with E-state index in [9.17, 15) is 0 Å². The molecule has 1 aromatic rings. The molecule has 0 N–H and O–H groups in total. The van der Waals surface area contributed by atoms with Gasteiger partial charge in [-0.3, -0.25) is 4.68 Å². The van der Waals surface area contributed by atoms with E-state index in [1.807, 2.05) is 0 Å². The highest BCUT2D eigenvalue weighted by Gasteiger charge is 2.33. The van der Waals surface area contributed by atoms with Gasteiger partial charge in [-0.2, -0.15) is 5.10 Å². The van der Waals surface area contributed by atoms with Crippen LogP contribution in [0.25, 0.3) is 0 Å². The number of aromatic nitrogens is 2. The Hall–Kier alpha value is -0.310. The lowest BCUT2D eigenvalue weighted by Gasteiger charge is -2.26. The van der Waals surface area contributed by atoms with E-state index >= 15 is 0 Å². The summed E-state index contributed by atoms with van der Waals surface area (Å²) in [6, 6.07) is 2.16. The monoisotopic (exact) mass is 270 g/mol. The minimum absolute atomic E-state index is 0.462. The number of aryl methyl sites for hydroxylation is 2. The SMILES string of the molecule is Cc1cc(C)n(CC2(CBr)CCCC2)n1. The van der Waals surface area contributed by atoms with E-state index in [4.69, 9.17) is 0 Å². The molecule has 0 unspecified atom stereocenters. The zero-order valence-electron chi connectivity index (χ0n) is 9.59. The number of halogens is 1. The minimum atomic E-state index is 0.462. The van der Waals surface area contributed by atoms with Crippen LogP contribution in [-0.4, -0.2) is 15.1 Å². The Balaban J connectivity index is 2.16. The van der Waals surface area contributed by atoms with Gasteiger partial charge in [0.2, 0.25) is 0 Å². The first-order valence-electron chi connectivity index (χ1n) is 5.72. The maximum atomic E-state index is 4.56. The van der Waals surface area contributed by atoms with E-state index in [0.717, 1.165) is 17.6 Å². The number of rotatable bonds is 3. The predicted octanol–water partition coefficient (Wildman–Crippen LogP) is 3.46. The summed E-state index contributed by atoms with van der Waals surface area (Å²) >= 11 is 3.68. The quantitative estimate of drug-likeness (QED) is 0.770. The van der Waals surface area contributed by atoms with Crippen molar-refractivity contribution in [2.24, 2.45) is 5.41 Å². The molecule has 0 radical (unpaired) electrons. The summed E-state index contributed by atoms with van der Waals surface area (Å²) < 4.78 is 2.18. The van der Waals surface area contributed by atoms with Crippen molar-refractivity contribution < 1.29 is 0 Å². The van der Waals surface area contributed by atoms with Crippen molar-refractivity contribution in [3.8, 4) is 0 Å². The van der Waals surface area contributed by atoms with Crippen molar-refractivity contribution >= 4 is 15.9 Å². The van der Waals surface area contributed by atoms with Crippen molar-refractivity contribution in [3.63, 3.8) is 0 Å². The molecule has 0 atom stereocenters. The Morgan fingerprint density at radius 3 is 2.53 bits per heavy atom. The molecule has 1 aliphatic carbocycles. The maximum Gasteiger partial charge on any atom is 0.0596 e. The van der Waals surface area contributed by atoms with Gasteiger partial charge >= 0.3 is 0 Å². The summed E-state index contributed by atoms with van der Waals surface area (Å²) in [6.07, 6.45) is 5.45. The highest BCUT2D eigenvalue weighted by atomic mass is 79.9. The van der Waals surface area contributed by atoms with Gasteiger partial charge in [0.15, 0.2) is 0 Å². The molecule has 1 fully saturated rings. The van der Waals surface area contributed by atoms with Gasteiger partial charge in [0.05, 0.1) is 5.69 Å². The van der Waals surface area contributed by atoms with Gasteiger partial charge in [-0.25, -0.2) is 0 Å². The second-order valence-electron chi connectivity index (χ2n) is 4.93. The lowest BCUT2D eigenvalue weighted by atomic mass is 9.89. The highest BCUT2D eigenvalue weighted by molar-refractivity contribution is 9.09. The zero-order chi connectivity index (χ0) is 10.9. The second-order valence-corrected chi connectivity index (χ2v) is 5.49. The lowest BCUT2D eigenvalue weighted by molar-refractivity contribution is 0.275. The lowest BCUT2D eigenvalue weighted by Crippen LogP contribution is -2.26. The highest BCUT2D eigenvalue weighted by Crippen LogP contribution is 2.41. The van der Waals surface area contributed by atoms with Crippen LogP contribution < -0.4 is 0 Å². The molecule has 0 aliphatic heterocycles. The molecular formula is C12H19BrN2. The summed E-state index contributed by atoms with van der Waals surface area (Å²) in [7, 11) is 0. The van der Waals surface area contributed by atoms with Crippen molar-refractivity contribution in [1.82, 2.24) is 9.78 Å². The largest absolute Gasteiger partial charge is 0.269 e. The first-order chi connectivity index (χ1) is 7.15. The molecule has 2 rings (SSSR count). The molecule has 1 aromatic heterocycles. The molecule has 1 saturated carbocycles. The smallest absolute Gasteiger partial charge is 0.0596 e. The van der Waals surface area contributed by atoms with E-state index in [1.54, 1.807) is 0 Å². The molecule has 2 nitrogen and oxygen atoms in total. The average Bonchev–Trinajstić information content (AvgIpc) is 2.76. The normalized spacial score (nSPS) is 19.7. The van der Waals surface area contributed by atoms with Gasteiger partial charge in [-0.15, -0.1) is 0 Å². The van der Waals surface area contributed by atoms with Crippen molar-refractivity contribution in [2.75, 3.05) is 5.33 Å². The third kappa shape index (κ3) is 2.27. The Morgan fingerprint density at radius 1 is 1.40 bits per heavy atom. The number of nitrogens with zero attached hydrogens (tertiary/aromatic N) is 2. The van der Waals surface area contributed by atoms with Gasteiger partial charge in [0, 0.05) is 17.6 Å². The molecule has 0 bridgehead atoms. The molecule has 0 aromatic carbocycles. The topological polar surface area (TPSA) is 17.8 Å². The fourth-order valence-corrected chi connectivity index (χ4v) is 3.35. The van der Waals surface area contributed by atoms with Crippen LogP contribution >= 0.6 is 15.9 Å². The summed E-state index contributed by atoms with van der Waals surface area (Å²) in [5.41, 5.74) is 2.89. The van der Waals surface area contributed by atoms with Crippen LogP contribution in [-0.2, 0) is 6.54 Å². The van der Waals surface area contributed by atoms with Crippen LogP contribution in [0.15, 0.2) is 6.07 Å². The van der Waals surface area contributed by atoms with Gasteiger partial charge in [-0.1, -0.05) is 28.8 Å². The molecule has 1 aliphatic rings. The first-order valence-corrected chi connectivity index (χ1v) is 6.84. The molecule has 0 spiro atoms. The van der Waals surface area contributed by atoms with Crippen LogP contribution in [0.5, 0.6) is 0 Å². The summed E-state index contributed by atoms with van der Waals surface area (Å²) in [6.45, 7) is 5.30. The Kier molecular flexibility index (Phi) is 3.19. The third-order valence-electron chi connectivity index (χ3n) is 3.54. The van der Waals surface area contributed by atoms with Crippen molar-refractivity contribution in [1.29, 1.82) is 0 Å². The number of alkyl halides is 1. The maximum absolute atomic E-state index is 4.56. The average molecular weight is 271 g/mol. The van der Waals surface area contributed by atoms with E-state index in [1.165, 1.54) is 31.4 Å². The number of hydrogen-bond donors (Lipinski definition) is 0. The Morgan fingerprint density at radius 2 is 2.07 bits per heavy atom. The van der Waals surface area contributed by atoms with Crippen LogP contribution in [0.3, 0.4) is 0 Å². The van der Waals surface area contributed by atoms with Crippen LogP contribution in [0.4, 0.5) is 0 Å². The van der Waals surface area contributed by atoms with E-state index in [2.05, 4.69) is 45.6 Å². The molecule has 84 valence electrons. The van der Waals surface area contributed by atoms with Crippen LogP contribution in [0.1, 0.15) is 37.1 Å². The molecule has 15 heavy (non-hydrogen) atoms. The molecule has 0 saturated heterocycles. The fourth-order valence-electron chi connectivity index (χ4n) is 2.61. The standard InChI is InChI=1S/C12H19BrN2/c1-10-7-11(2)15(14-10)9-12(8-13)5-3-4-6-12/h7H,3-6,8-9H2,1-2H3. The third-order valence-corrected chi connectivity index (χ3v) is 4.73. The molecular weight excluding hydrogens is 252 g/mol. The van der Waals surface area contributed by atoms with E-state index in [0.29, 0.717) is 5.41 Å². The Labute approximate surface area is 100 Å². The Bertz CT molecular complexity index is 337. The molecule has 0 amide bonds. The number of hydrogen-bond acceptors (Lipinski definition) is 1. The van der Waals surface area contributed by atoms with Gasteiger partial charge in [0.1, 0.15) is 0 Å². The van der Waals surface area contributed by atoms with Gasteiger partial charge in [0.25, 0.3) is 0 Å². The molecule has 1 heterocycles. The summed E-state index contributed by atoms with van der Waals surface area (Å²) in [5.74, 6) is 0.